The number of hydrogen-bond donors (Lipinski definition) is 1. The summed E-state index contributed by atoms with van der Waals surface area (Å²) in [6, 6.07) is 14.5. The lowest BCUT2D eigenvalue weighted by Gasteiger charge is -2.41. The fraction of sp³-hybridized carbons (Fsp3) is 0.435. The number of aryl methyl sites for hydroxylation is 1. The average molecular weight is 361 g/mol. The van der Waals surface area contributed by atoms with Crippen LogP contribution in [0.15, 0.2) is 54.9 Å². The van der Waals surface area contributed by atoms with Crippen molar-refractivity contribution in [3.63, 3.8) is 0 Å². The number of benzene rings is 1. The second kappa shape index (κ2) is 6.47. The van der Waals surface area contributed by atoms with Gasteiger partial charge in [0, 0.05) is 50.4 Å². The maximum absolute atomic E-state index is 11.6. The van der Waals surface area contributed by atoms with Crippen LogP contribution in [0.5, 0.6) is 0 Å². The van der Waals surface area contributed by atoms with Gasteiger partial charge in [0.15, 0.2) is 0 Å². The molecule has 140 valence electrons. The molecule has 1 aliphatic carbocycles. The number of nitrogens with zero attached hydrogens (tertiary/aromatic N) is 3. The van der Waals surface area contributed by atoms with Gasteiger partial charge in [0.2, 0.25) is 0 Å². The van der Waals surface area contributed by atoms with Crippen LogP contribution in [0, 0.1) is 11.8 Å². The quantitative estimate of drug-likeness (QED) is 0.773. The van der Waals surface area contributed by atoms with E-state index < -0.39 is 5.60 Å². The second-order valence-corrected chi connectivity index (χ2v) is 8.38. The number of aromatic nitrogens is 2. The Bertz CT molecular complexity index is 951. The molecular weight excluding hydrogens is 334 g/mol. The Morgan fingerprint density at radius 3 is 2.85 bits per heavy atom. The second-order valence-electron chi connectivity index (χ2n) is 8.38. The zero-order chi connectivity index (χ0) is 18.4. The largest absolute Gasteiger partial charge is 0.385 e. The first-order chi connectivity index (χ1) is 13.1. The molecule has 2 aliphatic rings. The highest BCUT2D eigenvalue weighted by molar-refractivity contribution is 5.80. The van der Waals surface area contributed by atoms with E-state index in [-0.39, 0.29) is 0 Å². The first-order valence-corrected chi connectivity index (χ1v) is 10.0. The third-order valence-electron chi connectivity index (χ3n) is 6.75. The molecule has 2 aromatic heterocycles. The van der Waals surface area contributed by atoms with Crippen molar-refractivity contribution in [3.05, 3.63) is 66.0 Å². The first-order valence-electron chi connectivity index (χ1n) is 10.0. The van der Waals surface area contributed by atoms with Crippen molar-refractivity contribution in [1.82, 2.24) is 14.5 Å². The number of hydrogen-bond acceptors (Lipinski definition) is 3. The van der Waals surface area contributed by atoms with Crippen LogP contribution in [0.25, 0.3) is 11.0 Å². The van der Waals surface area contributed by atoms with Gasteiger partial charge in [0.25, 0.3) is 0 Å². The molecule has 27 heavy (non-hydrogen) atoms. The maximum atomic E-state index is 11.6. The summed E-state index contributed by atoms with van der Waals surface area (Å²) in [6.45, 7) is 2.98. The highest BCUT2D eigenvalue weighted by Gasteiger charge is 2.49. The van der Waals surface area contributed by atoms with Crippen LogP contribution in [0.4, 0.5) is 0 Å². The van der Waals surface area contributed by atoms with Crippen molar-refractivity contribution in [2.24, 2.45) is 18.9 Å². The Balaban J connectivity index is 1.41. The monoisotopic (exact) mass is 361 g/mol. The van der Waals surface area contributed by atoms with Crippen molar-refractivity contribution in [3.8, 4) is 0 Å². The van der Waals surface area contributed by atoms with E-state index >= 15 is 0 Å². The molecule has 0 amide bonds. The van der Waals surface area contributed by atoms with Crippen molar-refractivity contribution in [2.75, 3.05) is 13.1 Å². The third kappa shape index (κ3) is 2.79. The average Bonchev–Trinajstić information content (AvgIpc) is 3.25. The molecule has 2 fully saturated rings. The zero-order valence-electron chi connectivity index (χ0n) is 15.9. The van der Waals surface area contributed by atoms with E-state index in [2.05, 4.69) is 45.9 Å². The number of rotatable bonds is 3. The summed E-state index contributed by atoms with van der Waals surface area (Å²) in [4.78, 5) is 7.05. The molecular formula is C23H27N3O. The Morgan fingerprint density at radius 2 is 2.00 bits per heavy atom. The molecule has 0 radical (unpaired) electrons. The molecule has 3 atom stereocenters. The Hall–Kier alpha value is -2.17. The van der Waals surface area contributed by atoms with Crippen molar-refractivity contribution in [2.45, 2.75) is 31.4 Å². The Labute approximate surface area is 160 Å². The molecule has 4 nitrogen and oxygen atoms in total. The number of aliphatic hydroxyl groups is 1. The van der Waals surface area contributed by atoms with Crippen LogP contribution in [-0.2, 0) is 19.2 Å². The molecule has 1 saturated carbocycles. The van der Waals surface area contributed by atoms with E-state index in [1.807, 2.05) is 30.5 Å². The van der Waals surface area contributed by atoms with Gasteiger partial charge >= 0.3 is 0 Å². The molecule has 0 bridgehead atoms. The van der Waals surface area contributed by atoms with E-state index in [1.54, 1.807) is 0 Å². The molecule has 1 N–H and O–H groups in total. The molecule has 1 aliphatic heterocycles. The zero-order valence-corrected chi connectivity index (χ0v) is 15.9. The molecule has 1 saturated heterocycles. The summed E-state index contributed by atoms with van der Waals surface area (Å²) in [6.07, 6.45) is 7.29. The molecule has 0 spiro atoms. The van der Waals surface area contributed by atoms with Gasteiger partial charge in [0.1, 0.15) is 5.65 Å². The van der Waals surface area contributed by atoms with Crippen LogP contribution in [0.2, 0.25) is 0 Å². The highest BCUT2D eigenvalue weighted by atomic mass is 16.3. The molecule has 0 unspecified atom stereocenters. The van der Waals surface area contributed by atoms with Crippen molar-refractivity contribution in [1.29, 1.82) is 0 Å². The van der Waals surface area contributed by atoms with Crippen LogP contribution >= 0.6 is 0 Å². The van der Waals surface area contributed by atoms with E-state index in [1.165, 1.54) is 17.4 Å². The lowest BCUT2D eigenvalue weighted by molar-refractivity contribution is -0.0648. The summed E-state index contributed by atoms with van der Waals surface area (Å²) in [5, 5.41) is 12.9. The van der Waals surface area contributed by atoms with Gasteiger partial charge < -0.3 is 9.67 Å². The molecule has 3 aromatic rings. The smallest absolute Gasteiger partial charge is 0.139 e. The lowest BCUT2D eigenvalue weighted by atomic mass is 9.67. The molecule has 3 heterocycles. The van der Waals surface area contributed by atoms with Crippen LogP contribution in [-0.4, -0.2) is 32.6 Å². The Morgan fingerprint density at radius 1 is 1.15 bits per heavy atom. The topological polar surface area (TPSA) is 41.3 Å². The van der Waals surface area contributed by atoms with E-state index in [9.17, 15) is 5.11 Å². The maximum Gasteiger partial charge on any atom is 0.139 e. The lowest BCUT2D eigenvalue weighted by Crippen LogP contribution is -2.42. The predicted octanol–water partition coefficient (Wildman–Crippen LogP) is 3.69. The number of fused-ring (bicyclic) bond motifs is 2. The number of pyridine rings is 1. The van der Waals surface area contributed by atoms with E-state index in [0.29, 0.717) is 11.8 Å². The van der Waals surface area contributed by atoms with Gasteiger partial charge in [-0.05, 0) is 48.4 Å². The minimum atomic E-state index is -0.681. The highest BCUT2D eigenvalue weighted by Crippen LogP contribution is 2.48. The SMILES string of the molecule is Cn1cc(CN2C[C@@H]3CCC[C@@](O)(c4ccccc4)[C@@H]3C2)c2cccnc21. The van der Waals surface area contributed by atoms with Gasteiger partial charge in [-0.15, -0.1) is 0 Å². The van der Waals surface area contributed by atoms with Gasteiger partial charge in [-0.2, -0.15) is 0 Å². The summed E-state index contributed by atoms with van der Waals surface area (Å²) >= 11 is 0. The number of likely N-dealkylation sites (tertiary alicyclic amines) is 1. The van der Waals surface area contributed by atoms with Gasteiger partial charge in [-0.1, -0.05) is 30.3 Å². The predicted molar refractivity (Wildman–Crippen MR) is 107 cm³/mol. The van der Waals surface area contributed by atoms with E-state index in [0.717, 1.165) is 43.7 Å². The van der Waals surface area contributed by atoms with Crippen molar-refractivity contribution >= 4 is 11.0 Å². The summed E-state index contributed by atoms with van der Waals surface area (Å²) in [7, 11) is 2.07. The van der Waals surface area contributed by atoms with Gasteiger partial charge in [-0.3, -0.25) is 4.90 Å². The van der Waals surface area contributed by atoms with Crippen LogP contribution in [0.3, 0.4) is 0 Å². The fourth-order valence-electron chi connectivity index (χ4n) is 5.49. The van der Waals surface area contributed by atoms with Crippen LogP contribution < -0.4 is 0 Å². The summed E-state index contributed by atoms with van der Waals surface area (Å²) < 4.78 is 2.12. The third-order valence-corrected chi connectivity index (χ3v) is 6.75. The van der Waals surface area contributed by atoms with Gasteiger partial charge in [0.05, 0.1) is 5.60 Å². The van der Waals surface area contributed by atoms with Crippen molar-refractivity contribution < 1.29 is 5.11 Å². The molecule has 4 heteroatoms. The standard InChI is InChI=1S/C23H27N3O/c1-25-13-18(20-10-6-12-24-22(20)25)15-26-14-17-7-5-11-23(27,21(17)16-26)19-8-3-2-4-9-19/h2-4,6,8-10,12-13,17,21,27H,5,7,11,14-16H2,1H3/t17-,21+,23+/m0/s1. The van der Waals surface area contributed by atoms with E-state index in [4.69, 9.17) is 0 Å². The summed E-state index contributed by atoms with van der Waals surface area (Å²) in [5.41, 5.74) is 2.79. The first kappa shape index (κ1) is 17.0. The minimum Gasteiger partial charge on any atom is -0.385 e. The molecule has 5 rings (SSSR count). The van der Waals surface area contributed by atoms with Crippen LogP contribution in [0.1, 0.15) is 30.4 Å². The summed E-state index contributed by atoms with van der Waals surface area (Å²) in [5.74, 6) is 0.902. The normalized spacial score (nSPS) is 28.5. The Kier molecular flexibility index (Phi) is 4.06. The minimum absolute atomic E-state index is 0.321. The molecule has 1 aromatic carbocycles. The fourth-order valence-corrected chi connectivity index (χ4v) is 5.49. The van der Waals surface area contributed by atoms with Gasteiger partial charge in [-0.25, -0.2) is 4.98 Å².